The van der Waals surface area contributed by atoms with Crippen molar-refractivity contribution in [3.05, 3.63) is 53.6 Å². The van der Waals surface area contributed by atoms with Crippen LogP contribution in [0.3, 0.4) is 0 Å². The number of nitrogens with zero attached hydrogens (tertiary/aromatic N) is 1. The Morgan fingerprint density at radius 1 is 1.17 bits per heavy atom. The molecule has 0 radical (unpaired) electrons. The minimum absolute atomic E-state index is 0.0467. The van der Waals surface area contributed by atoms with E-state index in [0.29, 0.717) is 17.0 Å². The van der Waals surface area contributed by atoms with Gasteiger partial charge in [0, 0.05) is 11.6 Å². The number of hydrogen-bond acceptors (Lipinski definition) is 5. The molecule has 2 rings (SSSR count). The van der Waals surface area contributed by atoms with Crippen LogP contribution < -0.4 is 10.2 Å². The molecule has 0 aliphatic carbocycles. The Bertz CT molecular complexity index is 724. The quantitative estimate of drug-likeness (QED) is 0.583. The molecule has 0 fully saturated rings. The van der Waals surface area contributed by atoms with Gasteiger partial charge in [0.1, 0.15) is 17.2 Å². The molecule has 120 valence electrons. The molecule has 0 aromatic heterocycles. The number of phenols is 2. The number of amides is 1. The first-order valence-electron chi connectivity index (χ1n) is 7.00. The molecule has 0 aliphatic heterocycles. The van der Waals surface area contributed by atoms with Gasteiger partial charge in [-0.25, -0.2) is 5.43 Å². The maximum atomic E-state index is 11.7. The average molecular weight is 314 g/mol. The lowest BCUT2D eigenvalue weighted by atomic mass is 10.1. The maximum absolute atomic E-state index is 11.7. The highest BCUT2D eigenvalue weighted by Crippen LogP contribution is 2.22. The first-order chi connectivity index (χ1) is 11.0. The van der Waals surface area contributed by atoms with Crippen molar-refractivity contribution < 1.29 is 19.7 Å². The van der Waals surface area contributed by atoms with Crippen molar-refractivity contribution in [3.63, 3.8) is 0 Å². The molecule has 0 unspecified atom stereocenters. The van der Waals surface area contributed by atoms with Gasteiger partial charge in [-0.15, -0.1) is 0 Å². The van der Waals surface area contributed by atoms with Crippen LogP contribution in [0, 0.1) is 6.92 Å². The van der Waals surface area contributed by atoms with Gasteiger partial charge in [-0.1, -0.05) is 17.7 Å². The van der Waals surface area contributed by atoms with Gasteiger partial charge >= 0.3 is 0 Å². The van der Waals surface area contributed by atoms with Crippen LogP contribution in [-0.4, -0.2) is 28.4 Å². The normalized spacial score (nSPS) is 11.1. The molecule has 1 amide bonds. The molecule has 0 saturated heterocycles. The number of aromatic hydroxyl groups is 2. The summed E-state index contributed by atoms with van der Waals surface area (Å²) in [5.74, 6) is 0.0248. The lowest BCUT2D eigenvalue weighted by molar-refractivity contribution is -0.123. The van der Waals surface area contributed by atoms with Crippen LogP contribution in [0.15, 0.2) is 47.6 Å². The number of ether oxygens (including phenoxy) is 1. The average Bonchev–Trinajstić information content (AvgIpc) is 2.52. The van der Waals surface area contributed by atoms with Crippen molar-refractivity contribution in [1.29, 1.82) is 0 Å². The van der Waals surface area contributed by atoms with Gasteiger partial charge in [-0.3, -0.25) is 4.79 Å². The summed E-state index contributed by atoms with van der Waals surface area (Å²) in [7, 11) is 0. The van der Waals surface area contributed by atoms with E-state index in [-0.39, 0.29) is 18.1 Å². The van der Waals surface area contributed by atoms with Crippen LogP contribution in [0.4, 0.5) is 0 Å². The van der Waals surface area contributed by atoms with Gasteiger partial charge in [-0.2, -0.15) is 5.10 Å². The zero-order chi connectivity index (χ0) is 16.8. The van der Waals surface area contributed by atoms with E-state index < -0.39 is 5.91 Å². The molecular weight excluding hydrogens is 296 g/mol. The number of carbonyl (C=O) groups excluding carboxylic acids is 1. The molecule has 2 aromatic rings. The molecule has 6 heteroatoms. The summed E-state index contributed by atoms with van der Waals surface area (Å²) in [6.45, 7) is 3.43. The number of nitrogens with one attached hydrogen (secondary N) is 1. The minimum Gasteiger partial charge on any atom is -0.508 e. The Balaban J connectivity index is 1.90. The van der Waals surface area contributed by atoms with Crippen molar-refractivity contribution in [2.75, 3.05) is 6.61 Å². The van der Waals surface area contributed by atoms with Crippen molar-refractivity contribution in [2.45, 2.75) is 13.8 Å². The fraction of sp³-hybridized carbons (Fsp3) is 0.176. The van der Waals surface area contributed by atoms with Gasteiger partial charge in [0.2, 0.25) is 0 Å². The third-order valence-corrected chi connectivity index (χ3v) is 3.11. The number of aryl methyl sites for hydroxylation is 1. The second-order valence-corrected chi connectivity index (χ2v) is 5.04. The predicted octanol–water partition coefficient (Wildman–Crippen LogP) is 2.33. The monoisotopic (exact) mass is 314 g/mol. The first-order valence-corrected chi connectivity index (χ1v) is 7.00. The summed E-state index contributed by atoms with van der Waals surface area (Å²) in [6, 6.07) is 11.5. The number of phenolic OH excluding ortho intramolecular Hbond substituents is 2. The summed E-state index contributed by atoms with van der Waals surface area (Å²) in [4.78, 5) is 11.7. The number of rotatable bonds is 5. The van der Waals surface area contributed by atoms with Crippen LogP contribution in [0.5, 0.6) is 17.2 Å². The van der Waals surface area contributed by atoms with Crippen LogP contribution in [0.1, 0.15) is 18.1 Å². The predicted molar refractivity (Wildman–Crippen MR) is 86.8 cm³/mol. The Labute approximate surface area is 134 Å². The molecular formula is C17H18N2O4. The third kappa shape index (κ3) is 4.74. The third-order valence-electron chi connectivity index (χ3n) is 3.11. The highest BCUT2D eigenvalue weighted by molar-refractivity contribution is 6.01. The fourth-order valence-corrected chi connectivity index (χ4v) is 1.85. The summed E-state index contributed by atoms with van der Waals surface area (Å²) >= 11 is 0. The lowest BCUT2D eigenvalue weighted by Crippen LogP contribution is -2.25. The summed E-state index contributed by atoms with van der Waals surface area (Å²) in [5.41, 5.74) is 4.29. The number of benzene rings is 2. The Hall–Kier alpha value is -3.02. The second kappa shape index (κ2) is 7.31. The number of hydrazone groups is 1. The van der Waals surface area contributed by atoms with Crippen LogP contribution >= 0.6 is 0 Å². The highest BCUT2D eigenvalue weighted by atomic mass is 16.5. The molecule has 3 N–H and O–H groups in total. The zero-order valence-electron chi connectivity index (χ0n) is 12.9. The lowest BCUT2D eigenvalue weighted by Gasteiger charge is -2.07. The zero-order valence-corrected chi connectivity index (χ0v) is 12.9. The topological polar surface area (TPSA) is 91.2 Å². The van der Waals surface area contributed by atoms with Crippen molar-refractivity contribution >= 4 is 11.6 Å². The Kier molecular flexibility index (Phi) is 5.19. The largest absolute Gasteiger partial charge is 0.508 e. The molecule has 2 aromatic carbocycles. The fourth-order valence-electron chi connectivity index (χ4n) is 1.85. The molecule has 23 heavy (non-hydrogen) atoms. The van der Waals surface area contributed by atoms with E-state index in [0.717, 1.165) is 5.56 Å². The highest BCUT2D eigenvalue weighted by Gasteiger charge is 2.07. The van der Waals surface area contributed by atoms with Gasteiger partial charge in [-0.05, 0) is 38.1 Å². The molecule has 0 aliphatic rings. The van der Waals surface area contributed by atoms with Crippen molar-refractivity contribution in [1.82, 2.24) is 5.43 Å². The first kappa shape index (κ1) is 16.4. The van der Waals surface area contributed by atoms with Crippen LogP contribution in [-0.2, 0) is 4.79 Å². The van der Waals surface area contributed by atoms with Crippen molar-refractivity contribution in [3.8, 4) is 17.2 Å². The van der Waals surface area contributed by atoms with Gasteiger partial charge in [0.15, 0.2) is 6.61 Å². The number of carbonyl (C=O) groups is 1. The molecule has 0 spiro atoms. The second-order valence-electron chi connectivity index (χ2n) is 5.04. The van der Waals surface area contributed by atoms with Gasteiger partial charge in [0.25, 0.3) is 5.91 Å². The number of hydrogen-bond donors (Lipinski definition) is 3. The Morgan fingerprint density at radius 3 is 2.52 bits per heavy atom. The maximum Gasteiger partial charge on any atom is 0.277 e. The van der Waals surface area contributed by atoms with E-state index in [1.54, 1.807) is 19.1 Å². The molecule has 0 bridgehead atoms. The molecule has 0 saturated carbocycles. The summed E-state index contributed by atoms with van der Waals surface area (Å²) in [5, 5.41) is 22.9. The smallest absolute Gasteiger partial charge is 0.277 e. The Morgan fingerprint density at radius 2 is 1.87 bits per heavy atom. The molecule has 6 nitrogen and oxygen atoms in total. The summed E-state index contributed by atoms with van der Waals surface area (Å²) in [6.07, 6.45) is 0. The van der Waals surface area contributed by atoms with E-state index in [4.69, 9.17) is 4.74 Å². The van der Waals surface area contributed by atoms with Gasteiger partial charge in [0.05, 0.1) is 5.71 Å². The SMILES string of the molecule is CC(=NNC(=O)COc1ccc(C)cc1)c1ccc(O)cc1O. The van der Waals surface area contributed by atoms with E-state index >= 15 is 0 Å². The van der Waals surface area contributed by atoms with E-state index in [2.05, 4.69) is 10.5 Å². The van der Waals surface area contributed by atoms with E-state index in [1.807, 2.05) is 19.1 Å². The van der Waals surface area contributed by atoms with E-state index in [9.17, 15) is 15.0 Å². The molecule has 0 atom stereocenters. The standard InChI is InChI=1S/C17H18N2O4/c1-11-3-6-14(7-4-11)23-10-17(22)19-18-12(2)15-8-5-13(20)9-16(15)21/h3-9,20-21H,10H2,1-2H3,(H,19,22). The molecule has 0 heterocycles. The van der Waals surface area contributed by atoms with Gasteiger partial charge < -0.3 is 14.9 Å². The van der Waals surface area contributed by atoms with Crippen LogP contribution in [0.2, 0.25) is 0 Å². The minimum atomic E-state index is -0.414. The van der Waals surface area contributed by atoms with Crippen molar-refractivity contribution in [2.24, 2.45) is 5.10 Å². The van der Waals surface area contributed by atoms with E-state index in [1.165, 1.54) is 18.2 Å². The van der Waals surface area contributed by atoms with Crippen LogP contribution in [0.25, 0.3) is 0 Å². The summed E-state index contributed by atoms with van der Waals surface area (Å²) < 4.78 is 5.34.